The standard InChI is InChI=1S/C45H52ClF2N11O4/c1-24-20-58(34-7-5-6-29-36(54-56(4)38(29)34)30-11-13-35(60)51-42(30)61)21-25(2)59(24)22-26-14-16-57(17-15-26)44-49-19-32(46)41(53-44)50-28-10-12-33-31(18-28)37-39(43(62)55(33)3)63-23-45(47,48)40(52-37)27-8-9-27/h5-7,10,12,18-19,24-27,30,40,52H,8-9,11,13-17,20-23H2,1-4H3,(H,49,50,53)(H,51,60,61)/t24-,25+,30?,40-/m0/s1. The summed E-state index contributed by atoms with van der Waals surface area (Å²) < 4.78 is 39.2. The number of carbonyl (C=O) groups is 2. The molecule has 2 amide bonds. The average Bonchev–Trinajstić information content (AvgIpc) is 4.06. The summed E-state index contributed by atoms with van der Waals surface area (Å²) in [6.07, 6.45) is 5.73. The van der Waals surface area contributed by atoms with E-state index in [2.05, 4.69) is 55.5 Å². The van der Waals surface area contributed by atoms with Crippen LogP contribution in [0.4, 0.5) is 37.6 Å². The summed E-state index contributed by atoms with van der Waals surface area (Å²) >= 11 is 6.66. The molecule has 3 aromatic heterocycles. The maximum atomic E-state index is 15.2. The van der Waals surface area contributed by atoms with E-state index in [1.54, 1.807) is 19.3 Å². The third-order valence-corrected chi connectivity index (χ3v) is 14.1. The van der Waals surface area contributed by atoms with Crippen LogP contribution in [0.2, 0.25) is 5.02 Å². The number of amides is 2. The third-order valence-electron chi connectivity index (χ3n) is 13.9. The number of hydrogen-bond acceptors (Lipinski definition) is 12. The Hall–Kier alpha value is -5.55. The lowest BCUT2D eigenvalue weighted by atomic mass is 9.92. The highest BCUT2D eigenvalue weighted by Crippen LogP contribution is 2.46. The van der Waals surface area contributed by atoms with Crippen LogP contribution in [0.15, 0.2) is 47.4 Å². The lowest BCUT2D eigenvalue weighted by Gasteiger charge is -2.47. The van der Waals surface area contributed by atoms with Gasteiger partial charge in [-0.2, -0.15) is 10.1 Å². The number of nitrogens with zero attached hydrogens (tertiary/aromatic N) is 8. The minimum Gasteiger partial charge on any atom is -0.480 e. The van der Waals surface area contributed by atoms with Gasteiger partial charge in [-0.1, -0.05) is 23.7 Å². The first-order chi connectivity index (χ1) is 30.2. The van der Waals surface area contributed by atoms with Gasteiger partial charge in [-0.15, -0.1) is 0 Å². The van der Waals surface area contributed by atoms with Crippen LogP contribution in [0.25, 0.3) is 21.8 Å². The maximum Gasteiger partial charge on any atom is 0.301 e. The van der Waals surface area contributed by atoms with Crippen LogP contribution in [-0.2, 0) is 23.7 Å². The van der Waals surface area contributed by atoms with Gasteiger partial charge in [0.2, 0.25) is 23.5 Å². The van der Waals surface area contributed by atoms with E-state index in [4.69, 9.17) is 26.4 Å². The van der Waals surface area contributed by atoms with E-state index in [0.29, 0.717) is 77.1 Å². The van der Waals surface area contributed by atoms with Crippen molar-refractivity contribution in [2.45, 2.75) is 82.3 Å². The molecule has 63 heavy (non-hydrogen) atoms. The first kappa shape index (κ1) is 41.5. The largest absolute Gasteiger partial charge is 0.480 e. The number of fused-ring (bicyclic) bond motifs is 4. The molecule has 4 aliphatic heterocycles. The molecule has 332 valence electrons. The number of alkyl halides is 2. The Kier molecular flexibility index (Phi) is 10.5. The van der Waals surface area contributed by atoms with E-state index < -0.39 is 30.0 Å². The van der Waals surface area contributed by atoms with Gasteiger partial charge < -0.3 is 29.7 Å². The van der Waals surface area contributed by atoms with E-state index in [0.717, 1.165) is 67.8 Å². The zero-order valence-electron chi connectivity index (χ0n) is 35.8. The lowest BCUT2D eigenvalue weighted by Crippen LogP contribution is -2.58. The van der Waals surface area contributed by atoms with Crippen LogP contribution >= 0.6 is 11.6 Å². The van der Waals surface area contributed by atoms with Crippen molar-refractivity contribution in [3.63, 3.8) is 0 Å². The highest BCUT2D eigenvalue weighted by atomic mass is 35.5. The number of ether oxygens (including phenoxy) is 1. The Morgan fingerprint density at radius 3 is 2.46 bits per heavy atom. The number of imide groups is 1. The molecule has 3 saturated heterocycles. The molecule has 4 fully saturated rings. The van der Waals surface area contributed by atoms with Crippen LogP contribution in [0, 0.1) is 11.8 Å². The number of piperidine rings is 2. The molecule has 5 aliphatic rings. The Morgan fingerprint density at radius 1 is 0.968 bits per heavy atom. The molecule has 10 rings (SSSR count). The van der Waals surface area contributed by atoms with Gasteiger partial charge in [0.1, 0.15) is 5.02 Å². The average molecular weight is 884 g/mol. The number of nitrogens with one attached hydrogen (secondary N) is 3. The Bertz CT molecular complexity index is 2690. The van der Waals surface area contributed by atoms with Crippen molar-refractivity contribution in [1.82, 2.24) is 34.5 Å². The zero-order chi connectivity index (χ0) is 43.9. The minimum absolute atomic E-state index is 0.107. The zero-order valence-corrected chi connectivity index (χ0v) is 36.6. The van der Waals surface area contributed by atoms with Crippen LogP contribution < -0.4 is 36.0 Å². The molecular formula is C45H52ClF2N11O4. The number of halogens is 3. The molecule has 0 bridgehead atoms. The predicted octanol–water partition coefficient (Wildman–Crippen LogP) is 6.17. The van der Waals surface area contributed by atoms with Crippen molar-refractivity contribution in [1.29, 1.82) is 0 Å². The Morgan fingerprint density at radius 2 is 1.73 bits per heavy atom. The van der Waals surface area contributed by atoms with Crippen molar-refractivity contribution in [3.05, 3.63) is 63.7 Å². The summed E-state index contributed by atoms with van der Waals surface area (Å²) in [7, 11) is 3.54. The van der Waals surface area contributed by atoms with Crippen LogP contribution in [0.1, 0.15) is 64.0 Å². The second kappa shape index (κ2) is 15.9. The predicted molar refractivity (Wildman–Crippen MR) is 239 cm³/mol. The van der Waals surface area contributed by atoms with Gasteiger partial charge in [0, 0.05) is 81.8 Å². The number of piperazine rings is 1. The van der Waals surface area contributed by atoms with Crippen molar-refractivity contribution in [2.24, 2.45) is 25.9 Å². The van der Waals surface area contributed by atoms with Crippen LogP contribution in [0.5, 0.6) is 5.75 Å². The fourth-order valence-corrected chi connectivity index (χ4v) is 10.5. The molecule has 4 atom stereocenters. The second-order valence-electron chi connectivity index (χ2n) is 18.2. The van der Waals surface area contributed by atoms with Crippen LogP contribution in [0.3, 0.4) is 0 Å². The highest BCUT2D eigenvalue weighted by Gasteiger charge is 2.51. The molecule has 1 saturated carbocycles. The summed E-state index contributed by atoms with van der Waals surface area (Å²) in [5, 5.41) is 15.5. The fraction of sp³-hybridized carbons (Fsp3) is 0.511. The number of benzene rings is 2. The summed E-state index contributed by atoms with van der Waals surface area (Å²) in [5.74, 6) is -2.90. The number of anilines is 5. The smallest absolute Gasteiger partial charge is 0.301 e. The number of pyridine rings is 1. The summed E-state index contributed by atoms with van der Waals surface area (Å²) in [6, 6.07) is 11.1. The second-order valence-corrected chi connectivity index (χ2v) is 18.6. The molecule has 1 aliphatic carbocycles. The quantitative estimate of drug-likeness (QED) is 0.153. The van der Waals surface area contributed by atoms with Crippen molar-refractivity contribution < 1.29 is 23.1 Å². The van der Waals surface area contributed by atoms with Gasteiger partial charge in [0.05, 0.1) is 46.3 Å². The Balaban J connectivity index is 0.799. The normalized spacial score (nSPS) is 24.5. The third kappa shape index (κ3) is 7.59. The Labute approximate surface area is 368 Å². The summed E-state index contributed by atoms with van der Waals surface area (Å²) in [5.41, 5.74) is 3.83. The van der Waals surface area contributed by atoms with Gasteiger partial charge in [-0.3, -0.25) is 29.3 Å². The minimum atomic E-state index is -3.13. The van der Waals surface area contributed by atoms with Gasteiger partial charge in [-0.05, 0) is 82.1 Å². The first-order valence-electron chi connectivity index (χ1n) is 22.0. The SMILES string of the molecule is C[C@@H]1CN(c2cccc3c(C4CCC(=O)NC4=O)nn(C)c23)C[C@H](C)N1CC1CCN(c2ncc(Cl)c(Nc3ccc4c(c3)c3c(c(=O)n4C)OCC(F)(F)[C@H](C4CC4)N3)n2)CC1. The number of aromatic nitrogens is 5. The van der Waals surface area contributed by atoms with E-state index in [1.165, 1.54) is 4.57 Å². The van der Waals surface area contributed by atoms with Gasteiger partial charge >= 0.3 is 5.92 Å². The first-order valence-corrected chi connectivity index (χ1v) is 22.4. The lowest BCUT2D eigenvalue weighted by molar-refractivity contribution is -0.134. The van der Waals surface area contributed by atoms with Gasteiger partial charge in [0.15, 0.2) is 12.4 Å². The number of rotatable bonds is 8. The molecule has 0 spiro atoms. The molecule has 15 nitrogen and oxygen atoms in total. The molecule has 3 N–H and O–H groups in total. The van der Waals surface area contributed by atoms with E-state index in [1.807, 2.05) is 36.0 Å². The molecular weight excluding hydrogens is 832 g/mol. The molecule has 2 aromatic carbocycles. The number of hydrogen-bond donors (Lipinski definition) is 3. The van der Waals surface area contributed by atoms with Gasteiger partial charge in [-0.25, -0.2) is 13.8 Å². The van der Waals surface area contributed by atoms with Gasteiger partial charge in [0.25, 0.3) is 5.56 Å². The molecule has 18 heteroatoms. The van der Waals surface area contributed by atoms with Crippen molar-refractivity contribution >= 4 is 74.0 Å². The molecule has 0 radical (unpaired) electrons. The van der Waals surface area contributed by atoms with Crippen molar-refractivity contribution in [2.75, 3.05) is 59.8 Å². The van der Waals surface area contributed by atoms with Crippen LogP contribution in [-0.4, -0.2) is 104 Å². The fourth-order valence-electron chi connectivity index (χ4n) is 10.4. The molecule has 5 aromatic rings. The van der Waals surface area contributed by atoms with E-state index in [-0.39, 0.29) is 29.2 Å². The molecule has 7 heterocycles. The summed E-state index contributed by atoms with van der Waals surface area (Å²) in [6.45, 7) is 8.02. The monoisotopic (exact) mass is 883 g/mol. The summed E-state index contributed by atoms with van der Waals surface area (Å²) in [4.78, 5) is 54.6. The number of para-hydroxylation sites is 1. The van der Waals surface area contributed by atoms with E-state index in [9.17, 15) is 14.4 Å². The topological polar surface area (TPSA) is 155 Å². The highest BCUT2D eigenvalue weighted by molar-refractivity contribution is 6.33. The number of aryl methyl sites for hydroxylation is 2. The molecule has 1 unspecified atom stereocenters. The maximum absolute atomic E-state index is 15.2. The van der Waals surface area contributed by atoms with E-state index >= 15 is 8.78 Å². The van der Waals surface area contributed by atoms with Crippen molar-refractivity contribution in [3.8, 4) is 5.75 Å². The number of carbonyl (C=O) groups excluding carboxylic acids is 2.